The molecule has 0 saturated heterocycles. The van der Waals surface area contributed by atoms with Crippen molar-refractivity contribution >= 4 is 22.9 Å². The second-order valence-corrected chi connectivity index (χ2v) is 6.07. The topological polar surface area (TPSA) is 55.1 Å². The fourth-order valence-corrected chi connectivity index (χ4v) is 3.24. The number of carbonyl (C=O) groups is 1. The quantitative estimate of drug-likeness (QED) is 0.865. The molecule has 0 unspecified atom stereocenters. The molecule has 0 spiro atoms. The van der Waals surface area contributed by atoms with Crippen LogP contribution in [0.2, 0.25) is 0 Å². The van der Waals surface area contributed by atoms with Gasteiger partial charge in [0.05, 0.1) is 4.88 Å². The van der Waals surface area contributed by atoms with Crippen molar-refractivity contribution in [3.8, 4) is 0 Å². The first-order valence-corrected chi connectivity index (χ1v) is 7.12. The van der Waals surface area contributed by atoms with Crippen LogP contribution < -0.4 is 11.1 Å². The lowest BCUT2D eigenvalue weighted by molar-refractivity contribution is 0.0955. The molecule has 0 aliphatic heterocycles. The molecule has 1 aromatic heterocycles. The Morgan fingerprint density at radius 2 is 2.24 bits per heavy atom. The highest BCUT2D eigenvalue weighted by Gasteiger charge is 2.15. The smallest absolute Gasteiger partial charge is 0.261 e. The normalized spacial score (nSPS) is 16.3. The lowest BCUT2D eigenvalue weighted by Crippen LogP contribution is -2.24. The Morgan fingerprint density at radius 3 is 2.82 bits per heavy atom. The summed E-state index contributed by atoms with van der Waals surface area (Å²) < 4.78 is 0. The van der Waals surface area contributed by atoms with E-state index in [1.165, 1.54) is 37.0 Å². The summed E-state index contributed by atoms with van der Waals surface area (Å²) in [4.78, 5) is 13.6. The third kappa shape index (κ3) is 3.22. The first kappa shape index (κ1) is 12.4. The number of nitrogen functional groups attached to an aromatic ring is 1. The Bertz CT molecular complexity index is 375. The molecule has 4 heteroatoms. The van der Waals surface area contributed by atoms with Gasteiger partial charge in [-0.2, -0.15) is 0 Å². The van der Waals surface area contributed by atoms with Crippen LogP contribution in [-0.2, 0) is 0 Å². The third-order valence-electron chi connectivity index (χ3n) is 3.49. The number of aryl methyl sites for hydroxylation is 1. The summed E-state index contributed by atoms with van der Waals surface area (Å²) in [5.74, 6) is 0.846. The maximum Gasteiger partial charge on any atom is 0.261 e. The van der Waals surface area contributed by atoms with E-state index < -0.39 is 0 Å². The highest BCUT2D eigenvalue weighted by molar-refractivity contribution is 7.14. The Balaban J connectivity index is 1.76. The molecule has 3 N–H and O–H groups in total. The van der Waals surface area contributed by atoms with Gasteiger partial charge in [-0.3, -0.25) is 4.79 Å². The first-order valence-electron chi connectivity index (χ1n) is 6.31. The average molecular weight is 252 g/mol. The number of hydrogen-bond donors (Lipinski definition) is 2. The number of hydrogen-bond acceptors (Lipinski definition) is 3. The molecule has 1 aliphatic rings. The summed E-state index contributed by atoms with van der Waals surface area (Å²) in [6.07, 6.45) is 6.51. The van der Waals surface area contributed by atoms with Crippen LogP contribution in [0.25, 0.3) is 0 Å². The van der Waals surface area contributed by atoms with Crippen LogP contribution in [-0.4, -0.2) is 12.5 Å². The summed E-state index contributed by atoms with van der Waals surface area (Å²) in [5.41, 5.74) is 6.46. The maximum absolute atomic E-state index is 11.8. The second kappa shape index (κ2) is 5.54. The number of nitrogens with two attached hydrogens (primary N) is 1. The van der Waals surface area contributed by atoms with Gasteiger partial charge in [0.15, 0.2) is 0 Å². The van der Waals surface area contributed by atoms with E-state index in [4.69, 9.17) is 5.73 Å². The predicted octanol–water partition coefficient (Wildman–Crippen LogP) is 2.95. The van der Waals surface area contributed by atoms with Gasteiger partial charge in [-0.15, -0.1) is 11.3 Å². The van der Waals surface area contributed by atoms with E-state index in [0.717, 1.165) is 34.3 Å². The number of amides is 1. The number of anilines is 1. The van der Waals surface area contributed by atoms with Gasteiger partial charge in [0.2, 0.25) is 0 Å². The first-order chi connectivity index (χ1) is 8.16. The lowest BCUT2D eigenvalue weighted by Gasteiger charge is -2.08. The van der Waals surface area contributed by atoms with Gasteiger partial charge < -0.3 is 11.1 Å². The van der Waals surface area contributed by atoms with Crippen molar-refractivity contribution in [3.05, 3.63) is 15.8 Å². The van der Waals surface area contributed by atoms with Crippen molar-refractivity contribution in [2.45, 2.75) is 39.0 Å². The summed E-state index contributed by atoms with van der Waals surface area (Å²) in [6.45, 7) is 2.73. The van der Waals surface area contributed by atoms with E-state index in [1.54, 1.807) is 6.07 Å². The fraction of sp³-hybridized carbons (Fsp3) is 0.615. The van der Waals surface area contributed by atoms with Gasteiger partial charge in [-0.25, -0.2) is 0 Å². The Kier molecular flexibility index (Phi) is 4.05. The summed E-state index contributed by atoms with van der Waals surface area (Å²) in [5, 5.41) is 2.98. The zero-order valence-electron chi connectivity index (χ0n) is 10.3. The van der Waals surface area contributed by atoms with Crippen molar-refractivity contribution in [1.82, 2.24) is 5.32 Å². The molecule has 0 radical (unpaired) electrons. The van der Waals surface area contributed by atoms with Crippen LogP contribution in [0, 0.1) is 12.8 Å². The Hall–Kier alpha value is -1.03. The number of nitrogens with one attached hydrogen (secondary N) is 1. The van der Waals surface area contributed by atoms with E-state index in [9.17, 15) is 4.79 Å². The fourth-order valence-electron chi connectivity index (χ4n) is 2.38. The highest BCUT2D eigenvalue weighted by Crippen LogP contribution is 2.27. The minimum absolute atomic E-state index is 0.0211. The lowest BCUT2D eigenvalue weighted by atomic mass is 10.0. The molecule has 1 amide bonds. The number of rotatable bonds is 4. The molecule has 1 fully saturated rings. The zero-order valence-corrected chi connectivity index (χ0v) is 11.1. The van der Waals surface area contributed by atoms with Crippen LogP contribution in [0.3, 0.4) is 0 Å². The molecule has 2 rings (SSSR count). The standard InChI is InChI=1S/C13H20N2OS/c1-9-11(14)8-12(17-9)13(16)15-7-6-10-4-2-3-5-10/h8,10H,2-7,14H2,1H3,(H,15,16). The van der Waals surface area contributed by atoms with Crippen LogP contribution in [0.5, 0.6) is 0 Å². The van der Waals surface area contributed by atoms with Gasteiger partial charge in [0, 0.05) is 17.1 Å². The zero-order chi connectivity index (χ0) is 12.3. The maximum atomic E-state index is 11.8. The summed E-state index contributed by atoms with van der Waals surface area (Å²) in [7, 11) is 0. The third-order valence-corrected chi connectivity index (χ3v) is 4.56. The van der Waals surface area contributed by atoms with Gasteiger partial charge >= 0.3 is 0 Å². The highest BCUT2D eigenvalue weighted by atomic mass is 32.1. The molecule has 0 aromatic carbocycles. The Morgan fingerprint density at radius 1 is 1.53 bits per heavy atom. The van der Waals surface area contributed by atoms with Crippen LogP contribution in [0.4, 0.5) is 5.69 Å². The molecule has 1 aliphatic carbocycles. The molecule has 3 nitrogen and oxygen atoms in total. The van der Waals surface area contributed by atoms with Gasteiger partial charge in [-0.05, 0) is 25.3 Å². The summed E-state index contributed by atoms with van der Waals surface area (Å²) in [6, 6.07) is 1.77. The van der Waals surface area contributed by atoms with Gasteiger partial charge in [0.25, 0.3) is 5.91 Å². The molecule has 1 heterocycles. The van der Waals surface area contributed by atoms with E-state index in [1.807, 2.05) is 6.92 Å². The monoisotopic (exact) mass is 252 g/mol. The van der Waals surface area contributed by atoms with E-state index in [-0.39, 0.29) is 5.91 Å². The molecular weight excluding hydrogens is 232 g/mol. The van der Waals surface area contributed by atoms with Crippen molar-refractivity contribution in [3.63, 3.8) is 0 Å². The van der Waals surface area contributed by atoms with E-state index in [0.29, 0.717) is 0 Å². The summed E-state index contributed by atoms with van der Waals surface area (Å²) >= 11 is 1.47. The van der Waals surface area contributed by atoms with Gasteiger partial charge in [0.1, 0.15) is 0 Å². The van der Waals surface area contributed by atoms with Crippen LogP contribution in [0.1, 0.15) is 46.7 Å². The molecule has 17 heavy (non-hydrogen) atoms. The molecule has 1 saturated carbocycles. The molecule has 0 bridgehead atoms. The average Bonchev–Trinajstić information content (AvgIpc) is 2.90. The van der Waals surface area contributed by atoms with E-state index >= 15 is 0 Å². The van der Waals surface area contributed by atoms with Crippen molar-refractivity contribution in [2.75, 3.05) is 12.3 Å². The number of thiophene rings is 1. The van der Waals surface area contributed by atoms with Crippen molar-refractivity contribution < 1.29 is 4.79 Å². The Labute approximate surface area is 106 Å². The van der Waals surface area contributed by atoms with Crippen molar-refractivity contribution in [1.29, 1.82) is 0 Å². The minimum atomic E-state index is 0.0211. The van der Waals surface area contributed by atoms with Crippen LogP contribution in [0.15, 0.2) is 6.07 Å². The number of carbonyl (C=O) groups excluding carboxylic acids is 1. The molecule has 1 aromatic rings. The van der Waals surface area contributed by atoms with E-state index in [2.05, 4.69) is 5.32 Å². The van der Waals surface area contributed by atoms with Crippen molar-refractivity contribution in [2.24, 2.45) is 5.92 Å². The SMILES string of the molecule is Cc1sc(C(=O)NCCC2CCCC2)cc1N. The predicted molar refractivity (Wildman–Crippen MR) is 72.4 cm³/mol. The minimum Gasteiger partial charge on any atom is -0.398 e. The molecular formula is C13H20N2OS. The van der Waals surface area contributed by atoms with Gasteiger partial charge in [-0.1, -0.05) is 25.7 Å². The second-order valence-electron chi connectivity index (χ2n) is 4.82. The molecule has 0 atom stereocenters. The van der Waals surface area contributed by atoms with Crippen LogP contribution >= 0.6 is 11.3 Å². The molecule has 94 valence electrons. The largest absolute Gasteiger partial charge is 0.398 e.